The molecule has 1 saturated heterocycles. The Morgan fingerprint density at radius 3 is 2.76 bits per heavy atom. The summed E-state index contributed by atoms with van der Waals surface area (Å²) in [6.45, 7) is 1.77. The Labute approximate surface area is 130 Å². The molecule has 2 rings (SSSR count). The van der Waals surface area contributed by atoms with Crippen LogP contribution in [-0.4, -0.2) is 48.3 Å². The van der Waals surface area contributed by atoms with E-state index in [2.05, 4.69) is 0 Å². The van der Waals surface area contributed by atoms with Crippen molar-refractivity contribution in [2.75, 3.05) is 26.3 Å². The first kappa shape index (κ1) is 16.0. The normalized spacial score (nSPS) is 16.6. The van der Waals surface area contributed by atoms with Crippen LogP contribution in [-0.2, 0) is 9.53 Å². The van der Waals surface area contributed by atoms with E-state index < -0.39 is 0 Å². The summed E-state index contributed by atoms with van der Waals surface area (Å²) in [5.41, 5.74) is 0.841. The number of amides is 1. The maximum Gasteiger partial charge on any atom is 0.246 e. The van der Waals surface area contributed by atoms with Gasteiger partial charge < -0.3 is 14.7 Å². The minimum atomic E-state index is -0.00414. The maximum absolute atomic E-state index is 12.1. The lowest BCUT2D eigenvalue weighted by molar-refractivity contribution is -0.128. The average Bonchev–Trinajstić information content (AvgIpc) is 2.52. The van der Waals surface area contributed by atoms with E-state index in [1.54, 1.807) is 18.2 Å². The minimum absolute atomic E-state index is 0.00414. The van der Waals surface area contributed by atoms with Crippen LogP contribution in [0, 0.1) is 0 Å². The van der Waals surface area contributed by atoms with Gasteiger partial charge in [-0.3, -0.25) is 4.79 Å². The van der Waals surface area contributed by atoms with Gasteiger partial charge in [-0.15, -0.1) is 0 Å². The third-order valence-electron chi connectivity index (χ3n) is 3.51. The molecular weight excluding hydrogens is 290 g/mol. The molecule has 0 aromatic heterocycles. The Morgan fingerprint density at radius 1 is 1.38 bits per heavy atom. The molecule has 0 atom stereocenters. The molecule has 1 aromatic rings. The van der Waals surface area contributed by atoms with E-state index in [0.717, 1.165) is 18.4 Å². The Morgan fingerprint density at radius 2 is 2.10 bits per heavy atom. The highest BCUT2D eigenvalue weighted by molar-refractivity contribution is 6.32. The maximum atomic E-state index is 12.1. The summed E-state index contributed by atoms with van der Waals surface area (Å²) in [6.07, 6.45) is 5.08. The summed E-state index contributed by atoms with van der Waals surface area (Å²) in [5, 5.41) is 9.37. The van der Waals surface area contributed by atoms with Gasteiger partial charge in [0.25, 0.3) is 0 Å². The number of halogens is 1. The lowest BCUT2D eigenvalue weighted by Crippen LogP contribution is -2.40. The first-order chi connectivity index (χ1) is 10.2. The molecule has 1 fully saturated rings. The van der Waals surface area contributed by atoms with Gasteiger partial charge in [-0.2, -0.15) is 0 Å². The number of ether oxygens (including phenoxy) is 1. The van der Waals surface area contributed by atoms with Gasteiger partial charge >= 0.3 is 0 Å². The molecule has 114 valence electrons. The fourth-order valence-electron chi connectivity index (χ4n) is 2.34. The van der Waals surface area contributed by atoms with Gasteiger partial charge in [0.2, 0.25) is 5.91 Å². The number of aliphatic hydroxyl groups is 1. The fourth-order valence-corrected chi connectivity index (χ4v) is 2.54. The highest BCUT2D eigenvalue weighted by Crippen LogP contribution is 2.17. The van der Waals surface area contributed by atoms with Crippen molar-refractivity contribution in [1.29, 1.82) is 0 Å². The summed E-state index contributed by atoms with van der Waals surface area (Å²) in [6, 6.07) is 7.43. The smallest absolute Gasteiger partial charge is 0.246 e. The predicted molar refractivity (Wildman–Crippen MR) is 83.1 cm³/mol. The molecule has 0 bridgehead atoms. The molecule has 1 aliphatic rings. The van der Waals surface area contributed by atoms with E-state index >= 15 is 0 Å². The molecule has 0 spiro atoms. The molecule has 0 aliphatic carbocycles. The highest BCUT2D eigenvalue weighted by Gasteiger charge is 2.21. The van der Waals surface area contributed by atoms with Gasteiger partial charge in [-0.1, -0.05) is 29.8 Å². The highest BCUT2D eigenvalue weighted by atomic mass is 35.5. The van der Waals surface area contributed by atoms with Gasteiger partial charge in [0, 0.05) is 24.2 Å². The lowest BCUT2D eigenvalue weighted by atomic mass is 10.1. The number of aliphatic hydroxyl groups excluding tert-OH is 1. The monoisotopic (exact) mass is 309 g/mol. The van der Waals surface area contributed by atoms with Crippen LogP contribution < -0.4 is 0 Å². The molecular formula is C16H20ClNO3. The Balaban J connectivity index is 1.84. The topological polar surface area (TPSA) is 49.8 Å². The number of carbonyl (C=O) groups is 1. The second-order valence-corrected chi connectivity index (χ2v) is 5.38. The van der Waals surface area contributed by atoms with E-state index in [9.17, 15) is 4.79 Å². The van der Waals surface area contributed by atoms with Gasteiger partial charge in [0.05, 0.1) is 19.3 Å². The lowest BCUT2D eigenvalue weighted by Gasteiger charge is -2.31. The molecule has 21 heavy (non-hydrogen) atoms. The van der Waals surface area contributed by atoms with Crippen molar-refractivity contribution in [2.24, 2.45) is 0 Å². The largest absolute Gasteiger partial charge is 0.394 e. The molecule has 1 aromatic carbocycles. The zero-order chi connectivity index (χ0) is 15.1. The molecule has 0 saturated carbocycles. The van der Waals surface area contributed by atoms with Gasteiger partial charge in [0.1, 0.15) is 0 Å². The second-order valence-electron chi connectivity index (χ2n) is 4.97. The molecule has 4 nitrogen and oxygen atoms in total. The predicted octanol–water partition coefficient (Wildman–Crippen LogP) is 2.35. The van der Waals surface area contributed by atoms with Gasteiger partial charge in [-0.05, 0) is 30.5 Å². The van der Waals surface area contributed by atoms with E-state index in [0.29, 0.717) is 24.7 Å². The molecule has 5 heteroatoms. The zero-order valence-corrected chi connectivity index (χ0v) is 12.6. The number of piperidine rings is 1. The number of carbonyl (C=O) groups excluding carboxylic acids is 1. The molecule has 0 radical (unpaired) electrons. The van der Waals surface area contributed by atoms with Crippen LogP contribution in [0.15, 0.2) is 30.3 Å². The standard InChI is InChI=1S/C16H20ClNO3/c17-15-4-2-1-3-13(15)5-6-16(20)18-9-7-14(8-10-18)21-12-11-19/h1-6,14,19H,7-12H2/b6-5+. The summed E-state index contributed by atoms with van der Waals surface area (Å²) in [7, 11) is 0. The third kappa shape index (κ3) is 4.84. The molecule has 1 amide bonds. The summed E-state index contributed by atoms with van der Waals surface area (Å²) < 4.78 is 5.48. The number of hydrogen-bond donors (Lipinski definition) is 1. The zero-order valence-electron chi connectivity index (χ0n) is 11.9. The Kier molecular flexibility index (Phi) is 6.23. The fraction of sp³-hybridized carbons (Fsp3) is 0.438. The van der Waals surface area contributed by atoms with Crippen LogP contribution in [0.4, 0.5) is 0 Å². The van der Waals surface area contributed by atoms with E-state index in [1.165, 1.54) is 0 Å². The number of nitrogens with zero attached hydrogens (tertiary/aromatic N) is 1. The van der Waals surface area contributed by atoms with Crippen LogP contribution >= 0.6 is 11.6 Å². The molecule has 0 unspecified atom stereocenters. The summed E-state index contributed by atoms with van der Waals surface area (Å²) >= 11 is 6.05. The first-order valence-corrected chi connectivity index (χ1v) is 7.52. The number of benzene rings is 1. The summed E-state index contributed by atoms with van der Waals surface area (Å²) in [4.78, 5) is 13.9. The van der Waals surface area contributed by atoms with Crippen molar-refractivity contribution in [3.05, 3.63) is 40.9 Å². The van der Waals surface area contributed by atoms with Crippen molar-refractivity contribution >= 4 is 23.6 Å². The second kappa shape index (κ2) is 8.17. The first-order valence-electron chi connectivity index (χ1n) is 7.14. The molecule has 1 aliphatic heterocycles. The Hall–Kier alpha value is -1.36. The Bertz CT molecular complexity index is 496. The van der Waals surface area contributed by atoms with E-state index in [-0.39, 0.29) is 18.6 Å². The van der Waals surface area contributed by atoms with Crippen molar-refractivity contribution < 1.29 is 14.6 Å². The van der Waals surface area contributed by atoms with Crippen molar-refractivity contribution in [3.63, 3.8) is 0 Å². The minimum Gasteiger partial charge on any atom is -0.394 e. The van der Waals surface area contributed by atoms with Crippen molar-refractivity contribution in [1.82, 2.24) is 4.90 Å². The quantitative estimate of drug-likeness (QED) is 0.850. The average molecular weight is 310 g/mol. The van der Waals surface area contributed by atoms with Crippen LogP contribution in [0.25, 0.3) is 6.08 Å². The van der Waals surface area contributed by atoms with Crippen molar-refractivity contribution in [3.8, 4) is 0 Å². The number of hydrogen-bond acceptors (Lipinski definition) is 3. The van der Waals surface area contributed by atoms with Crippen LogP contribution in [0.5, 0.6) is 0 Å². The van der Waals surface area contributed by atoms with Crippen LogP contribution in [0.1, 0.15) is 18.4 Å². The number of likely N-dealkylation sites (tertiary alicyclic amines) is 1. The van der Waals surface area contributed by atoms with Gasteiger partial charge in [0.15, 0.2) is 0 Å². The SMILES string of the molecule is O=C(/C=C/c1ccccc1Cl)N1CCC(OCCO)CC1. The molecule has 1 heterocycles. The van der Waals surface area contributed by atoms with E-state index in [1.807, 2.05) is 23.1 Å². The third-order valence-corrected chi connectivity index (χ3v) is 3.85. The van der Waals surface area contributed by atoms with Gasteiger partial charge in [-0.25, -0.2) is 0 Å². The number of rotatable bonds is 5. The molecule has 1 N–H and O–H groups in total. The van der Waals surface area contributed by atoms with Crippen LogP contribution in [0.2, 0.25) is 5.02 Å². The summed E-state index contributed by atoms with van der Waals surface area (Å²) in [5.74, 6) is -0.00414. The van der Waals surface area contributed by atoms with E-state index in [4.69, 9.17) is 21.4 Å². The van der Waals surface area contributed by atoms with Crippen molar-refractivity contribution in [2.45, 2.75) is 18.9 Å². The van der Waals surface area contributed by atoms with Crippen LogP contribution in [0.3, 0.4) is 0 Å².